The average molecular weight is 425 g/mol. The van der Waals surface area contributed by atoms with E-state index in [0.717, 1.165) is 43.0 Å². The molecule has 1 aliphatic heterocycles. The lowest BCUT2D eigenvalue weighted by atomic mass is 10.1. The molecule has 3 N–H and O–H groups in total. The fourth-order valence-corrected chi connectivity index (χ4v) is 4.40. The van der Waals surface area contributed by atoms with Crippen molar-refractivity contribution in [2.75, 3.05) is 43.6 Å². The molecule has 3 aromatic rings. The van der Waals surface area contributed by atoms with Crippen molar-refractivity contribution in [3.63, 3.8) is 0 Å². The van der Waals surface area contributed by atoms with Crippen LogP contribution in [0.1, 0.15) is 25.3 Å². The van der Waals surface area contributed by atoms with Gasteiger partial charge in [0.2, 0.25) is 0 Å². The molecule has 8 nitrogen and oxygen atoms in total. The van der Waals surface area contributed by atoms with E-state index in [2.05, 4.69) is 26.9 Å². The average Bonchev–Trinajstić information content (AvgIpc) is 3.10. The molecule has 0 aliphatic carbocycles. The maximum atomic E-state index is 13.5. The zero-order chi connectivity index (χ0) is 21.8. The molecule has 166 valence electrons. The van der Waals surface area contributed by atoms with Crippen LogP contribution >= 0.6 is 0 Å². The van der Waals surface area contributed by atoms with E-state index < -0.39 is 0 Å². The summed E-state index contributed by atoms with van der Waals surface area (Å²) in [6, 6.07) is 10.3. The fourth-order valence-electron chi connectivity index (χ4n) is 4.40. The highest BCUT2D eigenvalue weighted by Gasteiger charge is 2.28. The van der Waals surface area contributed by atoms with Gasteiger partial charge in [-0.15, -0.1) is 0 Å². The highest BCUT2D eigenvalue weighted by atomic mass is 16.5. The first kappa shape index (κ1) is 21.4. The van der Waals surface area contributed by atoms with Gasteiger partial charge in [-0.1, -0.05) is 30.3 Å². The number of ether oxygens (including phenoxy) is 1. The Balaban J connectivity index is 1.89. The van der Waals surface area contributed by atoms with Crippen molar-refractivity contribution in [1.82, 2.24) is 14.1 Å². The first-order valence-electron chi connectivity index (χ1n) is 11.1. The molecule has 1 aromatic carbocycles. The maximum Gasteiger partial charge on any atom is 0.278 e. The van der Waals surface area contributed by atoms with Crippen LogP contribution in [0.5, 0.6) is 0 Å². The Morgan fingerprint density at radius 1 is 1.29 bits per heavy atom. The number of nitrogens with two attached hydrogens (primary N) is 1. The Labute approximate surface area is 182 Å². The van der Waals surface area contributed by atoms with E-state index in [1.807, 2.05) is 32.2 Å². The number of nitrogens with one attached hydrogen (secondary N) is 1. The highest BCUT2D eigenvalue weighted by Crippen LogP contribution is 2.36. The number of hydrogen-bond acceptors (Lipinski definition) is 6. The van der Waals surface area contributed by atoms with Crippen LogP contribution in [-0.4, -0.2) is 53.5 Å². The van der Waals surface area contributed by atoms with Gasteiger partial charge in [0.1, 0.15) is 22.5 Å². The minimum Gasteiger partial charge on any atom is -0.383 e. The van der Waals surface area contributed by atoms with Crippen LogP contribution in [0.25, 0.3) is 11.0 Å². The Hall–Kier alpha value is -2.84. The lowest BCUT2D eigenvalue weighted by molar-refractivity contribution is 0.138. The molecule has 0 spiro atoms. The summed E-state index contributed by atoms with van der Waals surface area (Å²) in [5.41, 5.74) is 9.58. The molecule has 0 unspecified atom stereocenters. The molecule has 1 atom stereocenters. The predicted octanol–water partition coefficient (Wildman–Crippen LogP) is 2.25. The second kappa shape index (κ2) is 9.53. The summed E-state index contributed by atoms with van der Waals surface area (Å²) in [5, 5.41) is 3.32. The Morgan fingerprint density at radius 2 is 2.10 bits per heavy atom. The molecule has 1 aliphatic rings. The summed E-state index contributed by atoms with van der Waals surface area (Å²) in [4.78, 5) is 20.5. The molecule has 0 saturated carbocycles. The number of rotatable bonds is 8. The second-order valence-corrected chi connectivity index (χ2v) is 8.01. The minimum atomic E-state index is -0.0512. The summed E-state index contributed by atoms with van der Waals surface area (Å²) < 4.78 is 9.21. The molecule has 0 bridgehead atoms. The third-order valence-electron chi connectivity index (χ3n) is 5.87. The molecule has 2 aromatic heterocycles. The van der Waals surface area contributed by atoms with Gasteiger partial charge in [0, 0.05) is 39.3 Å². The van der Waals surface area contributed by atoms with Crippen molar-refractivity contribution in [1.29, 1.82) is 0 Å². The molecule has 1 fully saturated rings. The highest BCUT2D eigenvalue weighted by molar-refractivity contribution is 5.97. The quantitative estimate of drug-likeness (QED) is 0.539. The molecule has 3 heterocycles. The maximum absolute atomic E-state index is 13.5. The van der Waals surface area contributed by atoms with Gasteiger partial charge in [-0.25, -0.2) is 4.98 Å². The summed E-state index contributed by atoms with van der Waals surface area (Å²) in [6.45, 7) is 5.79. The summed E-state index contributed by atoms with van der Waals surface area (Å²) in [7, 11) is 1.89. The van der Waals surface area contributed by atoms with Gasteiger partial charge >= 0.3 is 0 Å². The third kappa shape index (κ3) is 4.31. The van der Waals surface area contributed by atoms with Crippen LogP contribution in [-0.2, 0) is 17.8 Å². The van der Waals surface area contributed by atoms with Gasteiger partial charge in [0.15, 0.2) is 0 Å². The van der Waals surface area contributed by atoms with Crippen molar-refractivity contribution in [2.24, 2.45) is 5.73 Å². The zero-order valence-electron chi connectivity index (χ0n) is 18.4. The van der Waals surface area contributed by atoms with E-state index in [1.165, 1.54) is 0 Å². The van der Waals surface area contributed by atoms with Gasteiger partial charge in [-0.05, 0) is 25.3 Å². The summed E-state index contributed by atoms with van der Waals surface area (Å²) in [6.07, 6.45) is 3.68. The number of hydrogen-bond donors (Lipinski definition) is 2. The number of benzene rings is 1. The van der Waals surface area contributed by atoms with Crippen LogP contribution in [0.4, 0.5) is 11.5 Å². The van der Waals surface area contributed by atoms with Crippen molar-refractivity contribution in [2.45, 2.75) is 38.9 Å². The lowest BCUT2D eigenvalue weighted by Gasteiger charge is -2.34. The second-order valence-electron chi connectivity index (χ2n) is 8.01. The monoisotopic (exact) mass is 424 g/mol. The van der Waals surface area contributed by atoms with E-state index in [-0.39, 0.29) is 11.6 Å². The van der Waals surface area contributed by atoms with Crippen LogP contribution in [0, 0.1) is 0 Å². The molecule has 4 rings (SSSR count). The van der Waals surface area contributed by atoms with Crippen LogP contribution in [0.2, 0.25) is 0 Å². The van der Waals surface area contributed by atoms with Gasteiger partial charge in [0.05, 0.1) is 19.5 Å². The lowest BCUT2D eigenvalue weighted by Crippen LogP contribution is -2.44. The van der Waals surface area contributed by atoms with Gasteiger partial charge in [0.25, 0.3) is 5.56 Å². The largest absolute Gasteiger partial charge is 0.383 e. The molecular formula is C23H32N6O2. The van der Waals surface area contributed by atoms with Crippen LogP contribution < -0.4 is 21.5 Å². The van der Waals surface area contributed by atoms with Gasteiger partial charge in [-0.3, -0.25) is 9.36 Å². The normalized spacial score (nSPS) is 16.7. The van der Waals surface area contributed by atoms with Crippen LogP contribution in [0.15, 0.2) is 41.5 Å². The zero-order valence-corrected chi connectivity index (χ0v) is 18.4. The Morgan fingerprint density at radius 3 is 2.81 bits per heavy atom. The van der Waals surface area contributed by atoms with E-state index in [0.29, 0.717) is 37.3 Å². The number of nitrogens with zero attached hydrogens (tertiary/aromatic N) is 4. The van der Waals surface area contributed by atoms with Crippen molar-refractivity contribution >= 4 is 22.5 Å². The van der Waals surface area contributed by atoms with Crippen molar-refractivity contribution in [3.05, 3.63) is 52.6 Å². The smallest absolute Gasteiger partial charge is 0.278 e. The molecule has 0 amide bonds. The summed E-state index contributed by atoms with van der Waals surface area (Å²) >= 11 is 0. The number of piperidine rings is 1. The van der Waals surface area contributed by atoms with Crippen molar-refractivity contribution < 1.29 is 4.74 Å². The molecule has 0 radical (unpaired) electrons. The number of anilines is 2. The summed E-state index contributed by atoms with van der Waals surface area (Å²) in [5.74, 6) is 0.990. The van der Waals surface area contributed by atoms with E-state index in [1.54, 1.807) is 10.9 Å². The van der Waals surface area contributed by atoms with E-state index in [9.17, 15) is 4.79 Å². The third-order valence-corrected chi connectivity index (χ3v) is 5.87. The standard InChI is InChI=1S/C23H32N6O2/c1-3-31-13-12-28-16-26-19-20(25-2)22(27-11-7-10-18(24)15-27)29(21(19)23(28)30)14-17-8-5-4-6-9-17/h4-6,8-9,16,18,25H,3,7,10-15,24H2,1-2H3/t18-/m0/s1. The first-order chi connectivity index (χ1) is 15.1. The van der Waals surface area contributed by atoms with E-state index >= 15 is 0 Å². The minimum absolute atomic E-state index is 0.0512. The SMILES string of the molecule is CCOCCn1cnc2c(NC)c(N3CCC[C@H](N)C3)n(Cc3ccccc3)c2c1=O. The molecule has 1 saturated heterocycles. The van der Waals surface area contributed by atoms with Crippen molar-refractivity contribution in [3.8, 4) is 0 Å². The number of fused-ring (bicyclic) bond motifs is 1. The van der Waals surface area contributed by atoms with E-state index in [4.69, 9.17) is 15.5 Å². The molecule has 8 heteroatoms. The Bertz CT molecular complexity index is 1080. The number of aromatic nitrogens is 3. The topological polar surface area (TPSA) is 90.3 Å². The Kier molecular flexibility index (Phi) is 6.58. The van der Waals surface area contributed by atoms with Gasteiger partial charge < -0.3 is 25.3 Å². The van der Waals surface area contributed by atoms with Crippen LogP contribution in [0.3, 0.4) is 0 Å². The predicted molar refractivity (Wildman–Crippen MR) is 125 cm³/mol. The molecule has 31 heavy (non-hydrogen) atoms. The van der Waals surface area contributed by atoms with Gasteiger partial charge in [-0.2, -0.15) is 0 Å². The molecular weight excluding hydrogens is 392 g/mol. The fraction of sp³-hybridized carbons (Fsp3) is 0.478. The first-order valence-corrected chi connectivity index (χ1v) is 11.1.